The van der Waals surface area contributed by atoms with Crippen molar-refractivity contribution in [3.05, 3.63) is 0 Å². The van der Waals surface area contributed by atoms with Crippen LogP contribution >= 0.6 is 0 Å². The van der Waals surface area contributed by atoms with Crippen molar-refractivity contribution in [2.24, 2.45) is 5.73 Å². The standard InChI is InChI=1S/C11H23N3O3S/c1-11(10(12)15,13-9-4-5-9)8-14(2)6-7-18(3,16)17/h9,13H,4-8H2,1-3H3,(H2,12,15). The summed E-state index contributed by atoms with van der Waals surface area (Å²) in [5.74, 6) is -0.317. The topological polar surface area (TPSA) is 92.5 Å². The van der Waals surface area contributed by atoms with Crippen molar-refractivity contribution in [2.45, 2.75) is 31.3 Å². The molecule has 7 heteroatoms. The number of hydrogen-bond donors (Lipinski definition) is 2. The van der Waals surface area contributed by atoms with Crippen LogP contribution in [0.2, 0.25) is 0 Å². The van der Waals surface area contributed by atoms with E-state index < -0.39 is 21.3 Å². The van der Waals surface area contributed by atoms with E-state index in [1.165, 1.54) is 6.26 Å². The van der Waals surface area contributed by atoms with E-state index in [2.05, 4.69) is 5.32 Å². The van der Waals surface area contributed by atoms with Crippen LogP contribution in [0.1, 0.15) is 19.8 Å². The first kappa shape index (κ1) is 15.4. The van der Waals surface area contributed by atoms with Gasteiger partial charge in [-0.05, 0) is 26.8 Å². The van der Waals surface area contributed by atoms with Gasteiger partial charge in [-0.2, -0.15) is 0 Å². The summed E-state index contributed by atoms with van der Waals surface area (Å²) >= 11 is 0. The average molecular weight is 277 g/mol. The van der Waals surface area contributed by atoms with Gasteiger partial charge in [0, 0.05) is 25.4 Å². The minimum absolute atomic E-state index is 0.0851. The second-order valence-corrected chi connectivity index (χ2v) is 7.74. The molecule has 1 saturated carbocycles. The van der Waals surface area contributed by atoms with E-state index in [4.69, 9.17) is 5.73 Å². The second-order valence-electron chi connectivity index (χ2n) is 5.48. The monoisotopic (exact) mass is 277 g/mol. The first-order chi connectivity index (χ1) is 8.12. The highest BCUT2D eigenvalue weighted by Gasteiger charge is 2.37. The van der Waals surface area contributed by atoms with E-state index in [-0.39, 0.29) is 5.75 Å². The van der Waals surface area contributed by atoms with Crippen LogP contribution in [-0.2, 0) is 14.6 Å². The van der Waals surface area contributed by atoms with Crippen molar-refractivity contribution in [1.82, 2.24) is 10.2 Å². The third-order valence-electron chi connectivity index (χ3n) is 3.07. The van der Waals surface area contributed by atoms with Gasteiger partial charge in [0.25, 0.3) is 0 Å². The molecule has 18 heavy (non-hydrogen) atoms. The SMILES string of the molecule is CN(CCS(C)(=O)=O)CC(C)(NC1CC1)C(N)=O. The Labute approximate surface area is 109 Å². The van der Waals surface area contributed by atoms with Gasteiger partial charge in [0.1, 0.15) is 15.4 Å². The Morgan fingerprint density at radius 2 is 2.06 bits per heavy atom. The van der Waals surface area contributed by atoms with Gasteiger partial charge in [0.2, 0.25) is 5.91 Å². The molecule has 1 amide bonds. The van der Waals surface area contributed by atoms with Gasteiger partial charge in [0.05, 0.1) is 5.75 Å². The van der Waals surface area contributed by atoms with Gasteiger partial charge < -0.3 is 10.6 Å². The quantitative estimate of drug-likeness (QED) is 0.591. The molecule has 0 aromatic carbocycles. The fourth-order valence-electron chi connectivity index (χ4n) is 1.81. The summed E-state index contributed by atoms with van der Waals surface area (Å²) in [6.45, 7) is 2.58. The van der Waals surface area contributed by atoms with E-state index in [0.29, 0.717) is 19.1 Å². The van der Waals surface area contributed by atoms with Crippen LogP contribution in [0.3, 0.4) is 0 Å². The molecule has 106 valence electrons. The van der Waals surface area contributed by atoms with Crippen molar-refractivity contribution >= 4 is 15.7 Å². The molecular weight excluding hydrogens is 254 g/mol. The molecule has 0 aliphatic heterocycles. The Bertz CT molecular complexity index is 406. The number of nitrogens with zero attached hydrogens (tertiary/aromatic N) is 1. The zero-order valence-corrected chi connectivity index (χ0v) is 12.1. The number of primary amides is 1. The summed E-state index contributed by atoms with van der Waals surface area (Å²) in [7, 11) is -1.19. The van der Waals surface area contributed by atoms with E-state index in [9.17, 15) is 13.2 Å². The number of nitrogens with one attached hydrogen (secondary N) is 1. The molecule has 1 unspecified atom stereocenters. The predicted molar refractivity (Wildman–Crippen MR) is 71.0 cm³/mol. The molecule has 1 aliphatic rings. The molecule has 1 atom stereocenters. The maximum Gasteiger partial charge on any atom is 0.238 e. The largest absolute Gasteiger partial charge is 0.368 e. The molecular formula is C11H23N3O3S. The van der Waals surface area contributed by atoms with Crippen molar-refractivity contribution < 1.29 is 13.2 Å². The minimum Gasteiger partial charge on any atom is -0.368 e. The summed E-state index contributed by atoms with van der Waals surface area (Å²) in [5, 5.41) is 3.23. The molecule has 1 rings (SSSR count). The van der Waals surface area contributed by atoms with Crippen LogP contribution in [0.25, 0.3) is 0 Å². The lowest BCUT2D eigenvalue weighted by molar-refractivity contribution is -0.124. The molecule has 0 saturated heterocycles. The molecule has 3 N–H and O–H groups in total. The lowest BCUT2D eigenvalue weighted by Crippen LogP contribution is -2.60. The van der Waals surface area contributed by atoms with Crippen molar-refractivity contribution in [3.8, 4) is 0 Å². The maximum absolute atomic E-state index is 11.5. The van der Waals surface area contributed by atoms with Gasteiger partial charge in [-0.25, -0.2) is 8.42 Å². The smallest absolute Gasteiger partial charge is 0.238 e. The van der Waals surface area contributed by atoms with E-state index in [1.54, 1.807) is 14.0 Å². The molecule has 0 aromatic rings. The summed E-state index contributed by atoms with van der Waals surface area (Å²) in [6.07, 6.45) is 3.34. The number of carbonyl (C=O) groups excluding carboxylic acids is 1. The highest BCUT2D eigenvalue weighted by atomic mass is 32.2. The predicted octanol–water partition coefficient (Wildman–Crippen LogP) is -1.04. The number of amides is 1. The summed E-state index contributed by atoms with van der Waals surface area (Å²) in [4.78, 5) is 13.4. The van der Waals surface area contributed by atoms with Crippen molar-refractivity contribution in [3.63, 3.8) is 0 Å². The van der Waals surface area contributed by atoms with Crippen LogP contribution < -0.4 is 11.1 Å². The third-order valence-corrected chi connectivity index (χ3v) is 4.00. The first-order valence-electron chi connectivity index (χ1n) is 6.06. The van der Waals surface area contributed by atoms with Gasteiger partial charge >= 0.3 is 0 Å². The summed E-state index contributed by atoms with van der Waals surface area (Å²) in [6, 6.07) is 0.366. The Morgan fingerprint density at radius 3 is 2.44 bits per heavy atom. The lowest BCUT2D eigenvalue weighted by Gasteiger charge is -2.32. The fraction of sp³-hybridized carbons (Fsp3) is 0.909. The Balaban J connectivity index is 2.51. The van der Waals surface area contributed by atoms with E-state index in [0.717, 1.165) is 12.8 Å². The number of hydrogen-bond acceptors (Lipinski definition) is 5. The molecule has 0 aromatic heterocycles. The zero-order valence-electron chi connectivity index (χ0n) is 11.3. The molecule has 1 fully saturated rings. The third kappa shape index (κ3) is 5.32. The van der Waals surface area contributed by atoms with Crippen LogP contribution in [-0.4, -0.2) is 63.0 Å². The molecule has 0 spiro atoms. The number of rotatable bonds is 8. The molecule has 0 radical (unpaired) electrons. The van der Waals surface area contributed by atoms with Crippen LogP contribution in [0.5, 0.6) is 0 Å². The van der Waals surface area contributed by atoms with Crippen LogP contribution in [0.15, 0.2) is 0 Å². The average Bonchev–Trinajstić information content (AvgIpc) is 2.97. The van der Waals surface area contributed by atoms with E-state index in [1.807, 2.05) is 4.90 Å². The molecule has 6 nitrogen and oxygen atoms in total. The van der Waals surface area contributed by atoms with Gasteiger partial charge in [-0.3, -0.25) is 10.1 Å². The van der Waals surface area contributed by atoms with Gasteiger partial charge in [0.15, 0.2) is 0 Å². The Morgan fingerprint density at radius 1 is 1.50 bits per heavy atom. The van der Waals surface area contributed by atoms with Crippen molar-refractivity contribution in [2.75, 3.05) is 32.1 Å². The first-order valence-corrected chi connectivity index (χ1v) is 8.12. The zero-order chi connectivity index (χ0) is 14.0. The van der Waals surface area contributed by atoms with Crippen LogP contribution in [0, 0.1) is 0 Å². The highest BCUT2D eigenvalue weighted by molar-refractivity contribution is 7.90. The second kappa shape index (κ2) is 5.54. The number of likely N-dealkylation sites (N-methyl/N-ethyl adjacent to an activating group) is 1. The Kier molecular flexibility index (Phi) is 4.74. The highest BCUT2D eigenvalue weighted by Crippen LogP contribution is 2.22. The molecule has 0 bridgehead atoms. The molecule has 1 aliphatic carbocycles. The molecule has 0 heterocycles. The Hall–Kier alpha value is -0.660. The fourth-order valence-corrected chi connectivity index (χ4v) is 2.46. The summed E-state index contributed by atoms with van der Waals surface area (Å²) < 4.78 is 22.2. The number of carbonyl (C=O) groups is 1. The van der Waals surface area contributed by atoms with E-state index >= 15 is 0 Å². The van der Waals surface area contributed by atoms with Crippen LogP contribution in [0.4, 0.5) is 0 Å². The number of nitrogens with two attached hydrogens (primary N) is 1. The maximum atomic E-state index is 11.5. The summed E-state index contributed by atoms with van der Waals surface area (Å²) in [5.41, 5.74) is 4.63. The van der Waals surface area contributed by atoms with Crippen molar-refractivity contribution in [1.29, 1.82) is 0 Å². The minimum atomic E-state index is -2.98. The normalized spacial score (nSPS) is 19.8. The van der Waals surface area contributed by atoms with Gasteiger partial charge in [-0.15, -0.1) is 0 Å². The lowest BCUT2D eigenvalue weighted by atomic mass is 10.0. The number of sulfone groups is 1. The van der Waals surface area contributed by atoms with Gasteiger partial charge in [-0.1, -0.05) is 0 Å².